The van der Waals surface area contributed by atoms with Gasteiger partial charge in [-0.25, -0.2) is 0 Å². The zero-order valence-electron chi connectivity index (χ0n) is 11.6. The molecule has 16 heavy (non-hydrogen) atoms. The first-order valence-electron chi connectivity index (χ1n) is 7.11. The maximum atomic E-state index is 3.62. The summed E-state index contributed by atoms with van der Waals surface area (Å²) in [5.74, 6) is 1.76. The largest absolute Gasteiger partial charge is 0.313 e. The normalized spacial score (nSPS) is 29.2. The maximum Gasteiger partial charge on any atom is 0.0194 e. The van der Waals surface area contributed by atoms with Gasteiger partial charge in [-0.1, -0.05) is 34.1 Å². The van der Waals surface area contributed by atoms with Crippen LogP contribution in [0.2, 0.25) is 0 Å². The van der Waals surface area contributed by atoms with Gasteiger partial charge >= 0.3 is 0 Å². The fourth-order valence-electron chi connectivity index (χ4n) is 3.15. The molecule has 2 heteroatoms. The molecular weight excluding hydrogens is 196 g/mol. The van der Waals surface area contributed by atoms with Crippen molar-refractivity contribution in [2.45, 2.75) is 53.0 Å². The van der Waals surface area contributed by atoms with Crippen molar-refractivity contribution < 1.29 is 0 Å². The molecule has 1 saturated heterocycles. The van der Waals surface area contributed by atoms with Gasteiger partial charge in [-0.3, -0.25) is 0 Å². The lowest BCUT2D eigenvalue weighted by Crippen LogP contribution is -2.46. The van der Waals surface area contributed by atoms with Crippen LogP contribution in [-0.4, -0.2) is 37.1 Å². The van der Waals surface area contributed by atoms with Gasteiger partial charge in [-0.15, -0.1) is 0 Å². The molecule has 1 aliphatic rings. The highest BCUT2D eigenvalue weighted by molar-refractivity contribution is 4.79. The Balaban J connectivity index is 2.37. The lowest BCUT2D eigenvalue weighted by molar-refractivity contribution is 0.127. The molecule has 0 amide bonds. The van der Waals surface area contributed by atoms with Crippen LogP contribution >= 0.6 is 0 Å². The highest BCUT2D eigenvalue weighted by Crippen LogP contribution is 2.21. The van der Waals surface area contributed by atoms with Crippen molar-refractivity contribution in [1.29, 1.82) is 0 Å². The van der Waals surface area contributed by atoms with Gasteiger partial charge in [-0.05, 0) is 31.2 Å². The Morgan fingerprint density at radius 3 is 2.31 bits per heavy atom. The van der Waals surface area contributed by atoms with E-state index in [0.717, 1.165) is 18.4 Å². The van der Waals surface area contributed by atoms with Crippen LogP contribution in [0.3, 0.4) is 0 Å². The van der Waals surface area contributed by atoms with Crippen molar-refractivity contribution in [1.82, 2.24) is 10.2 Å². The highest BCUT2D eigenvalue weighted by atomic mass is 15.2. The van der Waals surface area contributed by atoms with E-state index in [4.69, 9.17) is 0 Å². The zero-order chi connectivity index (χ0) is 12.0. The van der Waals surface area contributed by atoms with Crippen LogP contribution in [0, 0.1) is 11.8 Å². The summed E-state index contributed by atoms with van der Waals surface area (Å²) in [6.07, 6.45) is 4.01. The molecule has 0 aromatic rings. The molecule has 0 bridgehead atoms. The van der Waals surface area contributed by atoms with Gasteiger partial charge in [0.05, 0.1) is 0 Å². The van der Waals surface area contributed by atoms with E-state index in [0.29, 0.717) is 6.04 Å². The standard InChI is InChI=1S/C14H30N2/c1-5-7-14(15-6-2)11-16-9-12(3)8-13(4)10-16/h12-15H,5-11H2,1-4H3. The Morgan fingerprint density at radius 2 is 1.81 bits per heavy atom. The fraction of sp³-hybridized carbons (Fsp3) is 1.00. The molecule has 0 aromatic carbocycles. The maximum absolute atomic E-state index is 3.62. The summed E-state index contributed by atoms with van der Waals surface area (Å²) in [6, 6.07) is 0.701. The molecule has 3 atom stereocenters. The number of likely N-dealkylation sites (tertiary alicyclic amines) is 1. The van der Waals surface area contributed by atoms with Crippen LogP contribution in [0.25, 0.3) is 0 Å². The van der Waals surface area contributed by atoms with Crippen LogP contribution < -0.4 is 5.32 Å². The minimum absolute atomic E-state index is 0.701. The van der Waals surface area contributed by atoms with E-state index in [-0.39, 0.29) is 0 Å². The summed E-state index contributed by atoms with van der Waals surface area (Å²) >= 11 is 0. The second-order valence-corrected chi connectivity index (χ2v) is 5.71. The van der Waals surface area contributed by atoms with Crippen molar-refractivity contribution >= 4 is 0 Å². The lowest BCUT2D eigenvalue weighted by Gasteiger charge is -2.37. The van der Waals surface area contributed by atoms with Crippen molar-refractivity contribution in [3.8, 4) is 0 Å². The van der Waals surface area contributed by atoms with Crippen LogP contribution in [-0.2, 0) is 0 Å². The first-order chi connectivity index (χ1) is 7.65. The molecule has 0 aliphatic carbocycles. The van der Waals surface area contributed by atoms with Gasteiger partial charge in [-0.2, -0.15) is 0 Å². The van der Waals surface area contributed by atoms with E-state index in [9.17, 15) is 0 Å². The van der Waals surface area contributed by atoms with E-state index in [2.05, 4.69) is 37.9 Å². The Kier molecular flexibility index (Phi) is 6.37. The summed E-state index contributed by atoms with van der Waals surface area (Å²) in [7, 11) is 0. The van der Waals surface area contributed by atoms with Gasteiger partial charge < -0.3 is 10.2 Å². The van der Waals surface area contributed by atoms with Gasteiger partial charge in [0.15, 0.2) is 0 Å². The predicted octanol–water partition coefficient (Wildman–Crippen LogP) is 2.74. The summed E-state index contributed by atoms with van der Waals surface area (Å²) in [6.45, 7) is 14.2. The molecule has 0 saturated carbocycles. The molecule has 0 radical (unpaired) electrons. The molecule has 1 fully saturated rings. The average Bonchev–Trinajstić information content (AvgIpc) is 2.16. The second-order valence-electron chi connectivity index (χ2n) is 5.71. The molecule has 0 spiro atoms. The monoisotopic (exact) mass is 226 g/mol. The van der Waals surface area contributed by atoms with Gasteiger partial charge in [0.25, 0.3) is 0 Å². The number of hydrogen-bond donors (Lipinski definition) is 1. The van der Waals surface area contributed by atoms with Crippen LogP contribution in [0.1, 0.15) is 47.0 Å². The van der Waals surface area contributed by atoms with Crippen molar-refractivity contribution in [2.75, 3.05) is 26.2 Å². The number of likely N-dealkylation sites (N-methyl/N-ethyl adjacent to an activating group) is 1. The molecule has 0 aromatic heterocycles. The number of nitrogens with one attached hydrogen (secondary N) is 1. The van der Waals surface area contributed by atoms with E-state index >= 15 is 0 Å². The molecule has 1 N–H and O–H groups in total. The summed E-state index contributed by atoms with van der Waals surface area (Å²) in [4.78, 5) is 2.67. The highest BCUT2D eigenvalue weighted by Gasteiger charge is 2.23. The quantitative estimate of drug-likeness (QED) is 0.749. The molecule has 2 nitrogen and oxygen atoms in total. The van der Waals surface area contributed by atoms with Gasteiger partial charge in [0.2, 0.25) is 0 Å². The summed E-state index contributed by atoms with van der Waals surface area (Å²) < 4.78 is 0. The molecule has 96 valence electrons. The zero-order valence-corrected chi connectivity index (χ0v) is 11.6. The van der Waals surface area contributed by atoms with Gasteiger partial charge in [0.1, 0.15) is 0 Å². The number of nitrogens with zero attached hydrogens (tertiary/aromatic N) is 1. The van der Waals surface area contributed by atoms with Crippen LogP contribution in [0.5, 0.6) is 0 Å². The molecule has 1 aliphatic heterocycles. The summed E-state index contributed by atoms with van der Waals surface area (Å²) in [5.41, 5.74) is 0. The van der Waals surface area contributed by atoms with E-state index in [1.54, 1.807) is 0 Å². The third-order valence-corrected chi connectivity index (χ3v) is 3.55. The number of piperidine rings is 1. The Morgan fingerprint density at radius 1 is 1.19 bits per heavy atom. The van der Waals surface area contributed by atoms with E-state index < -0.39 is 0 Å². The Bertz CT molecular complexity index is 166. The van der Waals surface area contributed by atoms with Crippen molar-refractivity contribution in [3.63, 3.8) is 0 Å². The number of rotatable bonds is 6. The first-order valence-corrected chi connectivity index (χ1v) is 7.11. The van der Waals surface area contributed by atoms with Gasteiger partial charge in [0, 0.05) is 25.7 Å². The molecule has 3 unspecified atom stereocenters. The lowest BCUT2D eigenvalue weighted by atomic mass is 9.91. The minimum atomic E-state index is 0.701. The molecule has 1 heterocycles. The second kappa shape index (κ2) is 7.29. The van der Waals surface area contributed by atoms with Crippen LogP contribution in [0.4, 0.5) is 0 Å². The predicted molar refractivity (Wildman–Crippen MR) is 71.8 cm³/mol. The van der Waals surface area contributed by atoms with Crippen molar-refractivity contribution in [2.24, 2.45) is 11.8 Å². The van der Waals surface area contributed by atoms with E-state index in [1.807, 2.05) is 0 Å². The smallest absolute Gasteiger partial charge is 0.0194 e. The number of hydrogen-bond acceptors (Lipinski definition) is 2. The minimum Gasteiger partial charge on any atom is -0.313 e. The molecular formula is C14H30N2. The van der Waals surface area contributed by atoms with Crippen molar-refractivity contribution in [3.05, 3.63) is 0 Å². The van der Waals surface area contributed by atoms with E-state index in [1.165, 1.54) is 38.9 Å². The first kappa shape index (κ1) is 14.0. The molecule has 1 rings (SSSR count). The van der Waals surface area contributed by atoms with Crippen LogP contribution in [0.15, 0.2) is 0 Å². The summed E-state index contributed by atoms with van der Waals surface area (Å²) in [5, 5.41) is 3.62. The third-order valence-electron chi connectivity index (χ3n) is 3.55. The Labute approximate surface area is 102 Å². The SMILES string of the molecule is CCCC(CN1CC(C)CC(C)C1)NCC. The fourth-order valence-corrected chi connectivity index (χ4v) is 3.15. The topological polar surface area (TPSA) is 15.3 Å². The third kappa shape index (κ3) is 4.84. The Hall–Kier alpha value is -0.0800. The average molecular weight is 226 g/mol.